The number of hydrogen-bond donors (Lipinski definition) is 1. The fourth-order valence-electron chi connectivity index (χ4n) is 2.32. The Morgan fingerprint density at radius 2 is 2.16 bits per heavy atom. The average molecular weight is 364 g/mol. The minimum atomic E-state index is -0.0468. The summed E-state index contributed by atoms with van der Waals surface area (Å²) in [7, 11) is 1.82. The molecular weight excluding hydrogens is 340 g/mol. The molecule has 1 heterocycles. The quantitative estimate of drug-likeness (QED) is 0.726. The minimum Gasteiger partial charge on any atom is -0.493 e. The predicted molar refractivity (Wildman–Crippen MR) is 97.8 cm³/mol. The molecular formula is C17H24N4O3S. The Morgan fingerprint density at radius 3 is 2.84 bits per heavy atom. The molecule has 0 saturated carbocycles. The maximum absolute atomic E-state index is 11.8. The Morgan fingerprint density at radius 1 is 1.44 bits per heavy atom. The first kappa shape index (κ1) is 19.1. The summed E-state index contributed by atoms with van der Waals surface area (Å²) >= 11 is 5.25. The normalized spacial score (nSPS) is 11.1. The first-order valence-electron chi connectivity index (χ1n) is 8.18. The van der Waals surface area contributed by atoms with Crippen LogP contribution in [0.1, 0.15) is 20.8 Å². The van der Waals surface area contributed by atoms with Crippen LogP contribution in [0.2, 0.25) is 0 Å². The second kappa shape index (κ2) is 8.77. The number of benzene rings is 1. The molecule has 136 valence electrons. The van der Waals surface area contributed by atoms with Crippen LogP contribution in [0.15, 0.2) is 28.7 Å². The molecule has 0 bridgehead atoms. The van der Waals surface area contributed by atoms with Crippen LogP contribution in [0, 0.1) is 4.84 Å². The highest BCUT2D eigenvalue weighted by Gasteiger charge is 2.15. The Hall–Kier alpha value is -2.19. The van der Waals surface area contributed by atoms with Crippen LogP contribution in [0.5, 0.6) is 5.75 Å². The van der Waals surface area contributed by atoms with Gasteiger partial charge in [0.05, 0.1) is 25.4 Å². The van der Waals surface area contributed by atoms with Crippen molar-refractivity contribution in [2.24, 2.45) is 0 Å². The van der Waals surface area contributed by atoms with Gasteiger partial charge >= 0.3 is 0 Å². The summed E-state index contributed by atoms with van der Waals surface area (Å²) in [5, 5.41) is 7.27. The van der Waals surface area contributed by atoms with Gasteiger partial charge in [0.15, 0.2) is 0 Å². The number of likely N-dealkylation sites (N-methyl/N-ethyl adjacent to an activating group) is 1. The molecule has 0 saturated heterocycles. The molecule has 0 aliphatic rings. The molecule has 2 aromatic rings. The number of para-hydroxylation sites is 1. The first-order chi connectivity index (χ1) is 11.9. The molecule has 1 aromatic heterocycles. The van der Waals surface area contributed by atoms with Gasteiger partial charge in [0.2, 0.25) is 5.91 Å². The van der Waals surface area contributed by atoms with Crippen molar-refractivity contribution in [3.63, 3.8) is 0 Å². The molecule has 0 fully saturated rings. The summed E-state index contributed by atoms with van der Waals surface area (Å²) in [6.07, 6.45) is 0. The molecule has 8 heteroatoms. The summed E-state index contributed by atoms with van der Waals surface area (Å²) in [4.78, 5) is 13.9. The monoisotopic (exact) mass is 364 g/mol. The number of carbonyl (C=O) groups is 1. The van der Waals surface area contributed by atoms with Crippen LogP contribution in [-0.4, -0.2) is 46.8 Å². The number of nitrogens with one attached hydrogen (secondary N) is 1. The van der Waals surface area contributed by atoms with E-state index in [0.29, 0.717) is 24.9 Å². The maximum atomic E-state index is 11.8. The highest BCUT2D eigenvalue weighted by atomic mass is 32.1. The van der Waals surface area contributed by atoms with Crippen LogP contribution >= 0.6 is 12.2 Å². The molecule has 2 rings (SSSR count). The van der Waals surface area contributed by atoms with E-state index in [1.807, 2.05) is 57.0 Å². The van der Waals surface area contributed by atoms with Crippen LogP contribution in [0.3, 0.4) is 0 Å². The summed E-state index contributed by atoms with van der Waals surface area (Å²) in [5.41, 5.74) is 0.745. The third-order valence-corrected chi connectivity index (χ3v) is 3.56. The number of aromatic nitrogens is 2. The smallest absolute Gasteiger partial charge is 0.288 e. The van der Waals surface area contributed by atoms with Crippen molar-refractivity contribution in [1.29, 1.82) is 0 Å². The average Bonchev–Trinajstić information content (AvgIpc) is 2.87. The highest BCUT2D eigenvalue weighted by molar-refractivity contribution is 7.71. The third-order valence-electron chi connectivity index (χ3n) is 3.26. The fourth-order valence-corrected chi connectivity index (χ4v) is 2.50. The number of hydrogen-bond acceptors (Lipinski definition) is 6. The lowest BCUT2D eigenvalue weighted by Crippen LogP contribution is -2.39. The maximum Gasteiger partial charge on any atom is 0.288 e. The SMILES string of the molecule is CCOc1ccccc1-c1nn(CN(C)CC(=O)NC(C)C)c(=S)o1. The zero-order valence-corrected chi connectivity index (χ0v) is 15.8. The van der Waals surface area contributed by atoms with Gasteiger partial charge in [-0.25, -0.2) is 4.68 Å². The Kier molecular flexibility index (Phi) is 6.72. The van der Waals surface area contributed by atoms with Crippen molar-refractivity contribution in [3.05, 3.63) is 29.1 Å². The van der Waals surface area contributed by atoms with Crippen LogP contribution in [0.4, 0.5) is 0 Å². The molecule has 25 heavy (non-hydrogen) atoms. The Bertz CT molecular complexity index is 769. The van der Waals surface area contributed by atoms with E-state index in [-0.39, 0.29) is 23.3 Å². The largest absolute Gasteiger partial charge is 0.493 e. The van der Waals surface area contributed by atoms with E-state index in [9.17, 15) is 4.79 Å². The molecule has 7 nitrogen and oxygen atoms in total. The Labute approximate surface area is 152 Å². The van der Waals surface area contributed by atoms with E-state index in [4.69, 9.17) is 21.4 Å². The first-order valence-corrected chi connectivity index (χ1v) is 8.59. The van der Waals surface area contributed by atoms with Gasteiger partial charge in [0.25, 0.3) is 10.7 Å². The lowest BCUT2D eigenvalue weighted by molar-refractivity contribution is -0.122. The van der Waals surface area contributed by atoms with Gasteiger partial charge in [-0.05, 0) is 52.2 Å². The zero-order chi connectivity index (χ0) is 18.4. The predicted octanol–water partition coefficient (Wildman–Crippen LogP) is 2.69. The molecule has 1 N–H and O–H groups in total. The minimum absolute atomic E-state index is 0.0468. The van der Waals surface area contributed by atoms with E-state index in [0.717, 1.165) is 5.56 Å². The molecule has 0 atom stereocenters. The van der Waals surface area contributed by atoms with Gasteiger partial charge in [-0.1, -0.05) is 12.1 Å². The van der Waals surface area contributed by atoms with Gasteiger partial charge in [-0.2, -0.15) is 0 Å². The van der Waals surface area contributed by atoms with Crippen molar-refractivity contribution in [3.8, 4) is 17.2 Å². The van der Waals surface area contributed by atoms with Gasteiger partial charge in [0.1, 0.15) is 5.75 Å². The summed E-state index contributed by atoms with van der Waals surface area (Å²) < 4.78 is 12.8. The number of amides is 1. The number of rotatable bonds is 8. The molecule has 0 aliphatic carbocycles. The van der Waals surface area contributed by atoms with Gasteiger partial charge in [0, 0.05) is 6.04 Å². The van der Waals surface area contributed by atoms with Crippen molar-refractivity contribution < 1.29 is 13.9 Å². The lowest BCUT2D eigenvalue weighted by Gasteiger charge is -2.16. The topological polar surface area (TPSA) is 72.5 Å². The number of carbonyl (C=O) groups excluding carboxylic acids is 1. The standard InChI is InChI=1S/C17H24N4O3S/c1-5-23-14-9-7-6-8-13(14)16-19-21(17(25)24-16)11-20(4)10-15(22)18-12(2)3/h6-9,12H,5,10-11H2,1-4H3,(H,18,22). The van der Waals surface area contributed by atoms with E-state index >= 15 is 0 Å². The fraction of sp³-hybridized carbons (Fsp3) is 0.471. The van der Waals surface area contributed by atoms with Crippen LogP contribution in [-0.2, 0) is 11.5 Å². The van der Waals surface area contributed by atoms with E-state index in [1.165, 1.54) is 0 Å². The van der Waals surface area contributed by atoms with Crippen molar-refractivity contribution in [2.45, 2.75) is 33.5 Å². The second-order valence-corrected chi connectivity index (χ2v) is 6.33. The van der Waals surface area contributed by atoms with Gasteiger partial charge in [-0.15, -0.1) is 5.10 Å². The molecule has 0 unspecified atom stereocenters. The number of nitrogens with zero attached hydrogens (tertiary/aromatic N) is 3. The molecule has 1 aromatic carbocycles. The molecule has 0 radical (unpaired) electrons. The second-order valence-electron chi connectivity index (χ2n) is 5.98. The van der Waals surface area contributed by atoms with Gasteiger partial charge < -0.3 is 14.5 Å². The molecule has 1 amide bonds. The van der Waals surface area contributed by atoms with Crippen LogP contribution < -0.4 is 10.1 Å². The van der Waals surface area contributed by atoms with Crippen molar-refractivity contribution in [2.75, 3.05) is 20.2 Å². The van der Waals surface area contributed by atoms with E-state index < -0.39 is 0 Å². The molecule has 0 aliphatic heterocycles. The van der Waals surface area contributed by atoms with Gasteiger partial charge in [-0.3, -0.25) is 9.69 Å². The summed E-state index contributed by atoms with van der Waals surface area (Å²) in [6, 6.07) is 7.62. The van der Waals surface area contributed by atoms with Crippen molar-refractivity contribution >= 4 is 18.1 Å². The lowest BCUT2D eigenvalue weighted by atomic mass is 10.2. The number of ether oxygens (including phenoxy) is 1. The highest BCUT2D eigenvalue weighted by Crippen LogP contribution is 2.28. The summed E-state index contributed by atoms with van der Waals surface area (Å²) in [5.74, 6) is 1.04. The molecule has 0 spiro atoms. The van der Waals surface area contributed by atoms with Crippen molar-refractivity contribution in [1.82, 2.24) is 20.0 Å². The zero-order valence-electron chi connectivity index (χ0n) is 15.0. The third kappa shape index (κ3) is 5.40. The Balaban J connectivity index is 2.13. The van der Waals surface area contributed by atoms with E-state index in [2.05, 4.69) is 10.4 Å². The van der Waals surface area contributed by atoms with E-state index in [1.54, 1.807) is 4.68 Å². The summed E-state index contributed by atoms with van der Waals surface area (Å²) in [6.45, 7) is 6.91. The van der Waals surface area contributed by atoms with Crippen LogP contribution in [0.25, 0.3) is 11.5 Å².